The number of benzene rings is 2. The van der Waals surface area contributed by atoms with Gasteiger partial charge in [0.1, 0.15) is 11.5 Å². The van der Waals surface area contributed by atoms with E-state index in [4.69, 9.17) is 18.3 Å². The molecule has 192 valence electrons. The molecule has 0 fully saturated rings. The number of ketones is 2. The van der Waals surface area contributed by atoms with Gasteiger partial charge in [0.05, 0.1) is 35.3 Å². The predicted molar refractivity (Wildman–Crippen MR) is 140 cm³/mol. The second-order valence-corrected chi connectivity index (χ2v) is 9.69. The molecule has 2 aromatic carbocycles. The van der Waals surface area contributed by atoms with Crippen molar-refractivity contribution >= 4 is 33.9 Å². The molecule has 3 heterocycles. The minimum Gasteiger partial charge on any atom is -0.492 e. The van der Waals surface area contributed by atoms with Gasteiger partial charge >= 0.3 is 0 Å². The van der Waals surface area contributed by atoms with E-state index in [0.29, 0.717) is 64.5 Å². The zero-order valence-electron chi connectivity index (χ0n) is 21.0. The maximum Gasteiger partial charge on any atom is 0.277 e. The van der Waals surface area contributed by atoms with Crippen LogP contribution in [-0.2, 0) is 0 Å². The highest BCUT2D eigenvalue weighted by Crippen LogP contribution is 2.50. The van der Waals surface area contributed by atoms with Crippen molar-refractivity contribution in [2.75, 3.05) is 13.2 Å². The van der Waals surface area contributed by atoms with Crippen LogP contribution < -0.4 is 9.47 Å². The minimum atomic E-state index is -0.316. The van der Waals surface area contributed by atoms with Crippen molar-refractivity contribution < 1.29 is 27.9 Å². The summed E-state index contributed by atoms with van der Waals surface area (Å²) in [4.78, 5) is 32.0. The van der Waals surface area contributed by atoms with Gasteiger partial charge in [0.2, 0.25) is 0 Å². The fraction of sp³-hybridized carbons (Fsp3) is 0.250. The number of aromatic nitrogens is 3. The van der Waals surface area contributed by atoms with Crippen LogP contribution in [0.2, 0.25) is 0 Å². The molecule has 9 nitrogen and oxygen atoms in total. The summed E-state index contributed by atoms with van der Waals surface area (Å²) in [5, 5.41) is 11.3. The molecule has 3 aromatic heterocycles. The van der Waals surface area contributed by atoms with Gasteiger partial charge in [-0.25, -0.2) is 4.98 Å². The standard InChI is InChI=1S/C28H23N3O6S/c1-4-11-34-23-18-19(22(33)16-9-7-6-8-15(16)21(18)32)24(35-12-5-2)25-20(23)17(14(3)36-25)26-30-31-27(37-26)28-29-10-13-38-28/h6-10,13H,4-5,11-12H2,1-3H3. The molecule has 1 aliphatic rings. The zero-order chi connectivity index (χ0) is 26.4. The number of carbonyl (C=O) groups excluding carboxylic acids is 2. The highest BCUT2D eigenvalue weighted by atomic mass is 32.1. The molecule has 0 amide bonds. The summed E-state index contributed by atoms with van der Waals surface area (Å²) in [5.74, 6) is 0.727. The third-order valence-electron chi connectivity index (χ3n) is 6.25. The van der Waals surface area contributed by atoms with Gasteiger partial charge in [0, 0.05) is 22.7 Å². The smallest absolute Gasteiger partial charge is 0.277 e. The van der Waals surface area contributed by atoms with E-state index in [0.717, 1.165) is 0 Å². The third kappa shape index (κ3) is 3.63. The summed E-state index contributed by atoms with van der Waals surface area (Å²) in [6, 6.07) is 6.77. The third-order valence-corrected chi connectivity index (χ3v) is 7.01. The Kier molecular flexibility index (Phi) is 6.03. The number of ether oxygens (including phenoxy) is 2. The molecule has 5 aromatic rings. The SMILES string of the molecule is CCCOc1c2c(c(OCCC)c3c(-c4nnc(-c5nccs5)o4)c(C)oc13)C(=O)c1ccccc1C2=O. The Hall–Kier alpha value is -4.31. The van der Waals surface area contributed by atoms with Crippen LogP contribution in [0, 0.1) is 6.92 Å². The topological polar surface area (TPSA) is 118 Å². The van der Waals surface area contributed by atoms with Crippen molar-refractivity contribution in [2.45, 2.75) is 33.6 Å². The van der Waals surface area contributed by atoms with Crippen molar-refractivity contribution in [1.29, 1.82) is 0 Å². The van der Waals surface area contributed by atoms with E-state index in [-0.39, 0.29) is 46.0 Å². The lowest BCUT2D eigenvalue weighted by Gasteiger charge is -2.23. The van der Waals surface area contributed by atoms with E-state index in [1.807, 2.05) is 19.2 Å². The number of furan rings is 1. The van der Waals surface area contributed by atoms with Gasteiger partial charge in [0.25, 0.3) is 11.8 Å². The molecule has 0 radical (unpaired) electrons. The highest BCUT2D eigenvalue weighted by molar-refractivity contribution is 7.12. The monoisotopic (exact) mass is 529 g/mol. The fourth-order valence-electron chi connectivity index (χ4n) is 4.66. The molecule has 0 saturated carbocycles. The number of hydrogen-bond donors (Lipinski definition) is 0. The van der Waals surface area contributed by atoms with E-state index in [1.54, 1.807) is 37.4 Å². The van der Waals surface area contributed by atoms with Gasteiger partial charge in [-0.05, 0) is 19.8 Å². The van der Waals surface area contributed by atoms with Gasteiger partial charge in [-0.1, -0.05) is 38.1 Å². The quantitative estimate of drug-likeness (QED) is 0.225. The normalized spacial score (nSPS) is 12.6. The fourth-order valence-corrected chi connectivity index (χ4v) is 5.21. The van der Waals surface area contributed by atoms with Crippen LogP contribution in [0.5, 0.6) is 11.5 Å². The first kappa shape index (κ1) is 24.1. The Bertz CT molecular complexity index is 1700. The van der Waals surface area contributed by atoms with Crippen LogP contribution in [0.3, 0.4) is 0 Å². The van der Waals surface area contributed by atoms with E-state index in [1.165, 1.54) is 11.3 Å². The number of thiazole rings is 1. The van der Waals surface area contributed by atoms with Gasteiger partial charge < -0.3 is 18.3 Å². The average Bonchev–Trinajstić information content (AvgIpc) is 3.69. The van der Waals surface area contributed by atoms with Crippen molar-refractivity contribution in [1.82, 2.24) is 15.2 Å². The molecule has 38 heavy (non-hydrogen) atoms. The van der Waals surface area contributed by atoms with Crippen molar-refractivity contribution in [2.24, 2.45) is 0 Å². The second kappa shape index (κ2) is 9.53. The first-order valence-electron chi connectivity index (χ1n) is 12.4. The highest BCUT2D eigenvalue weighted by Gasteiger charge is 2.40. The molecular formula is C28H23N3O6S. The summed E-state index contributed by atoms with van der Waals surface area (Å²) in [7, 11) is 0. The van der Waals surface area contributed by atoms with Crippen LogP contribution in [0.15, 0.2) is 44.7 Å². The molecule has 0 aliphatic heterocycles. The molecule has 1 aliphatic carbocycles. The molecule has 0 saturated heterocycles. The Morgan fingerprint density at radius 2 is 1.47 bits per heavy atom. The first-order chi connectivity index (χ1) is 18.5. The number of aryl methyl sites for hydroxylation is 1. The Balaban J connectivity index is 1.69. The Morgan fingerprint density at radius 3 is 2.11 bits per heavy atom. The van der Waals surface area contributed by atoms with E-state index < -0.39 is 0 Å². The maximum absolute atomic E-state index is 13.9. The van der Waals surface area contributed by atoms with Crippen LogP contribution in [0.25, 0.3) is 33.3 Å². The Morgan fingerprint density at radius 1 is 0.842 bits per heavy atom. The lowest BCUT2D eigenvalue weighted by Crippen LogP contribution is -2.23. The van der Waals surface area contributed by atoms with Crippen molar-refractivity contribution in [3.05, 3.63) is 63.9 Å². The van der Waals surface area contributed by atoms with Crippen LogP contribution in [-0.4, -0.2) is 40.0 Å². The van der Waals surface area contributed by atoms with Crippen molar-refractivity contribution in [3.63, 3.8) is 0 Å². The summed E-state index contributed by atoms with van der Waals surface area (Å²) < 4.78 is 24.6. The molecule has 6 rings (SSSR count). The predicted octanol–water partition coefficient (Wildman–Crippen LogP) is 6.27. The lowest BCUT2D eigenvalue weighted by molar-refractivity contribution is 0.0972. The number of hydrogen-bond acceptors (Lipinski definition) is 10. The minimum absolute atomic E-state index is 0.148. The molecular weight excluding hydrogens is 506 g/mol. The number of carbonyl (C=O) groups is 2. The van der Waals surface area contributed by atoms with E-state index >= 15 is 0 Å². The van der Waals surface area contributed by atoms with Gasteiger partial charge in [-0.2, -0.15) is 0 Å². The van der Waals surface area contributed by atoms with Crippen molar-refractivity contribution in [3.8, 4) is 33.9 Å². The van der Waals surface area contributed by atoms with Crippen LogP contribution in [0.4, 0.5) is 0 Å². The second-order valence-electron chi connectivity index (χ2n) is 8.80. The molecule has 0 bridgehead atoms. The summed E-state index contributed by atoms with van der Waals surface area (Å²) in [6.07, 6.45) is 3.03. The molecule has 10 heteroatoms. The number of rotatable bonds is 8. The molecule has 0 spiro atoms. The first-order valence-corrected chi connectivity index (χ1v) is 13.2. The van der Waals surface area contributed by atoms with Crippen LogP contribution in [0.1, 0.15) is 64.3 Å². The summed E-state index contributed by atoms with van der Waals surface area (Å²) >= 11 is 1.38. The zero-order valence-corrected chi connectivity index (χ0v) is 21.8. The summed E-state index contributed by atoms with van der Waals surface area (Å²) in [6.45, 7) is 6.32. The summed E-state index contributed by atoms with van der Waals surface area (Å²) in [5.41, 5.74) is 1.71. The number of nitrogens with zero attached hydrogens (tertiary/aromatic N) is 3. The lowest BCUT2D eigenvalue weighted by atomic mass is 9.82. The average molecular weight is 530 g/mol. The van der Waals surface area contributed by atoms with Gasteiger partial charge in [-0.3, -0.25) is 9.59 Å². The van der Waals surface area contributed by atoms with Gasteiger partial charge in [0.15, 0.2) is 27.9 Å². The molecule has 0 atom stereocenters. The maximum atomic E-state index is 13.9. The van der Waals surface area contributed by atoms with E-state index in [2.05, 4.69) is 15.2 Å². The van der Waals surface area contributed by atoms with Crippen LogP contribution >= 0.6 is 11.3 Å². The van der Waals surface area contributed by atoms with Gasteiger partial charge in [-0.15, -0.1) is 21.5 Å². The van der Waals surface area contributed by atoms with E-state index in [9.17, 15) is 9.59 Å². The molecule has 0 unspecified atom stereocenters. The molecule has 0 N–H and O–H groups in total. The number of fused-ring (bicyclic) bond motifs is 3. The Labute approximate surface area is 221 Å². The largest absolute Gasteiger partial charge is 0.492 e.